The summed E-state index contributed by atoms with van der Waals surface area (Å²) in [6, 6.07) is 0. The van der Waals surface area contributed by atoms with Gasteiger partial charge in [-0.3, -0.25) is 14.2 Å². The Bertz CT molecular complexity index is 1080. The molecule has 0 saturated carbocycles. The van der Waals surface area contributed by atoms with Crippen molar-refractivity contribution in [3.8, 4) is 0 Å². The van der Waals surface area contributed by atoms with E-state index in [9.17, 15) is 19.0 Å². The molecule has 0 spiro atoms. The molecule has 0 heterocycles. The molecule has 52 heavy (non-hydrogen) atoms. The monoisotopic (exact) mass is 752 g/mol. The van der Waals surface area contributed by atoms with Crippen molar-refractivity contribution in [1.29, 1.82) is 0 Å². The third-order valence-electron chi connectivity index (χ3n) is 8.12. The summed E-state index contributed by atoms with van der Waals surface area (Å²) in [6.45, 7) is 4.01. The molecule has 0 rings (SSSR count). The number of hydrogen-bond donors (Lipinski definition) is 0. The highest BCUT2D eigenvalue weighted by atomic mass is 31.2. The molecule has 0 aliphatic heterocycles. The van der Waals surface area contributed by atoms with E-state index in [1.165, 1.54) is 25.7 Å². The maximum Gasteiger partial charge on any atom is 0.306 e. The van der Waals surface area contributed by atoms with E-state index in [0.717, 1.165) is 77.0 Å². The van der Waals surface area contributed by atoms with Crippen molar-refractivity contribution in [2.45, 2.75) is 148 Å². The Kier molecular flexibility index (Phi) is 33.0. The van der Waals surface area contributed by atoms with Crippen LogP contribution in [-0.2, 0) is 32.7 Å². The van der Waals surface area contributed by atoms with Crippen molar-refractivity contribution >= 4 is 19.8 Å². The molecule has 0 aromatic carbocycles. The number of likely N-dealkylation sites (N-methyl/N-ethyl adjacent to an activating group) is 1. The first kappa shape index (κ1) is 49.7. The van der Waals surface area contributed by atoms with Crippen LogP contribution in [-0.4, -0.2) is 70.0 Å². The van der Waals surface area contributed by atoms with E-state index < -0.39 is 32.5 Å². The van der Waals surface area contributed by atoms with Gasteiger partial charge in [0.15, 0.2) is 6.10 Å². The number of phosphoric acid groups is 1. The lowest BCUT2D eigenvalue weighted by atomic mass is 10.1. The molecule has 0 saturated heterocycles. The maximum atomic E-state index is 12.6. The summed E-state index contributed by atoms with van der Waals surface area (Å²) in [5.41, 5.74) is 0. The molecule has 0 radical (unpaired) electrons. The topological polar surface area (TPSA) is 111 Å². The second-order valence-electron chi connectivity index (χ2n) is 14.4. The predicted octanol–water partition coefficient (Wildman–Crippen LogP) is 10.3. The van der Waals surface area contributed by atoms with Gasteiger partial charge in [0.25, 0.3) is 7.82 Å². The highest BCUT2D eigenvalue weighted by Gasteiger charge is 2.21. The first-order valence-corrected chi connectivity index (χ1v) is 21.5. The van der Waals surface area contributed by atoms with Gasteiger partial charge >= 0.3 is 11.9 Å². The Hall–Kier alpha value is -2.29. The third-order valence-corrected chi connectivity index (χ3v) is 9.08. The summed E-state index contributed by atoms with van der Waals surface area (Å²) >= 11 is 0. The van der Waals surface area contributed by atoms with Crippen LogP contribution < -0.4 is 4.89 Å². The summed E-state index contributed by atoms with van der Waals surface area (Å²) in [4.78, 5) is 37.4. The lowest BCUT2D eigenvalue weighted by Gasteiger charge is -2.28. The zero-order valence-electron chi connectivity index (χ0n) is 33.5. The van der Waals surface area contributed by atoms with Gasteiger partial charge in [0.05, 0.1) is 27.7 Å². The smallest absolute Gasteiger partial charge is 0.306 e. The quantitative estimate of drug-likeness (QED) is 0.0157. The number of phosphoric ester groups is 1. The highest BCUT2D eigenvalue weighted by molar-refractivity contribution is 7.45. The number of nitrogens with zero attached hydrogens (tertiary/aromatic N) is 1. The second-order valence-corrected chi connectivity index (χ2v) is 15.8. The molecule has 0 aliphatic rings. The van der Waals surface area contributed by atoms with Crippen LogP contribution >= 0.6 is 7.82 Å². The first-order valence-electron chi connectivity index (χ1n) is 20.0. The van der Waals surface area contributed by atoms with E-state index in [-0.39, 0.29) is 26.1 Å². The van der Waals surface area contributed by atoms with E-state index in [1.807, 2.05) is 51.5 Å². The Morgan fingerprint density at radius 3 is 1.69 bits per heavy atom. The van der Waals surface area contributed by atoms with Gasteiger partial charge in [-0.05, 0) is 57.8 Å². The van der Waals surface area contributed by atoms with Gasteiger partial charge in [-0.1, -0.05) is 132 Å². The van der Waals surface area contributed by atoms with Crippen molar-refractivity contribution in [2.75, 3.05) is 47.5 Å². The SMILES string of the molecule is CC/C=C/C=C/C=C/C=C/CCCCCCCC(=O)OC[C@H](COP(=O)([O-])OCC[N+](C)(C)C)OC(=O)CCCCCCC/C=C/CCCCCC. The van der Waals surface area contributed by atoms with Crippen LogP contribution in [0.4, 0.5) is 0 Å². The first-order chi connectivity index (χ1) is 25.0. The fourth-order valence-electron chi connectivity index (χ4n) is 4.95. The van der Waals surface area contributed by atoms with Crippen molar-refractivity contribution in [2.24, 2.45) is 0 Å². The van der Waals surface area contributed by atoms with E-state index in [4.69, 9.17) is 18.5 Å². The number of quaternary nitrogens is 1. The van der Waals surface area contributed by atoms with Crippen LogP contribution in [0.2, 0.25) is 0 Å². The minimum atomic E-state index is -4.63. The van der Waals surface area contributed by atoms with Gasteiger partial charge in [0, 0.05) is 12.8 Å². The molecular weight excluding hydrogens is 677 g/mol. The number of rotatable bonds is 35. The molecule has 0 bridgehead atoms. The second kappa shape index (κ2) is 34.5. The Morgan fingerprint density at radius 1 is 0.615 bits per heavy atom. The van der Waals surface area contributed by atoms with Gasteiger partial charge in [0.2, 0.25) is 0 Å². The van der Waals surface area contributed by atoms with E-state index >= 15 is 0 Å². The minimum Gasteiger partial charge on any atom is -0.756 e. The number of carbonyl (C=O) groups is 2. The number of unbranched alkanes of at least 4 members (excludes halogenated alkanes) is 14. The lowest BCUT2D eigenvalue weighted by molar-refractivity contribution is -0.870. The molecule has 10 heteroatoms. The fraction of sp³-hybridized carbons (Fsp3) is 0.714. The van der Waals surface area contributed by atoms with Gasteiger partial charge in [0.1, 0.15) is 19.8 Å². The Balaban J connectivity index is 4.48. The van der Waals surface area contributed by atoms with Gasteiger partial charge < -0.3 is 27.9 Å². The van der Waals surface area contributed by atoms with Crippen LogP contribution in [0.1, 0.15) is 142 Å². The number of hydrogen-bond acceptors (Lipinski definition) is 8. The van der Waals surface area contributed by atoms with E-state index in [2.05, 4.69) is 44.2 Å². The van der Waals surface area contributed by atoms with Crippen LogP contribution in [0.25, 0.3) is 0 Å². The normalized spacial score (nSPS) is 14.3. The van der Waals surface area contributed by atoms with Crippen molar-refractivity contribution in [3.63, 3.8) is 0 Å². The van der Waals surface area contributed by atoms with Gasteiger partial charge in [-0.2, -0.15) is 0 Å². The molecule has 2 atom stereocenters. The molecule has 1 unspecified atom stereocenters. The number of allylic oxidation sites excluding steroid dienone is 10. The number of carbonyl (C=O) groups excluding carboxylic acids is 2. The van der Waals surface area contributed by atoms with E-state index in [1.54, 1.807) is 0 Å². The predicted molar refractivity (Wildman–Crippen MR) is 213 cm³/mol. The van der Waals surface area contributed by atoms with Crippen molar-refractivity contribution in [3.05, 3.63) is 60.8 Å². The summed E-state index contributed by atoms with van der Waals surface area (Å²) in [5.74, 6) is -0.879. The number of ether oxygens (including phenoxy) is 2. The molecule has 0 aromatic rings. The average Bonchev–Trinajstić information content (AvgIpc) is 3.09. The van der Waals surface area contributed by atoms with Crippen LogP contribution in [0.5, 0.6) is 0 Å². The van der Waals surface area contributed by atoms with Crippen molar-refractivity contribution < 1.29 is 42.1 Å². The fourth-order valence-corrected chi connectivity index (χ4v) is 5.68. The Labute approximate surface area is 317 Å². The number of esters is 2. The summed E-state index contributed by atoms with van der Waals surface area (Å²) in [6.07, 6.45) is 39.6. The van der Waals surface area contributed by atoms with Gasteiger partial charge in [-0.25, -0.2) is 0 Å². The summed E-state index contributed by atoms with van der Waals surface area (Å²) < 4.78 is 33.8. The van der Waals surface area contributed by atoms with Crippen LogP contribution in [0.15, 0.2) is 60.8 Å². The maximum absolute atomic E-state index is 12.6. The molecule has 0 fully saturated rings. The molecule has 0 aliphatic carbocycles. The third kappa shape index (κ3) is 37.5. The Morgan fingerprint density at radius 2 is 1.12 bits per heavy atom. The zero-order chi connectivity index (χ0) is 38.6. The standard InChI is InChI=1S/C42H74NO8P/c1-6-8-10-12-14-16-18-20-21-23-24-26-28-30-32-34-41(44)48-38-40(39-50-52(46,47)49-37-36-43(3,4)5)51-42(45)35-33-31-29-27-25-22-19-17-15-13-11-9-7-2/h8,10,12,14,16-21,40H,6-7,9,11,13,15,22-39H2,1-5H3/b10-8+,14-12+,18-16+,19-17+,21-20+/t40-/m1/s1. The minimum absolute atomic E-state index is 0.0393. The van der Waals surface area contributed by atoms with E-state index in [0.29, 0.717) is 23.9 Å². The molecule has 9 nitrogen and oxygen atoms in total. The molecule has 0 amide bonds. The largest absolute Gasteiger partial charge is 0.756 e. The van der Waals surface area contributed by atoms with Crippen molar-refractivity contribution in [1.82, 2.24) is 0 Å². The highest BCUT2D eigenvalue weighted by Crippen LogP contribution is 2.38. The summed E-state index contributed by atoms with van der Waals surface area (Å²) in [7, 11) is 1.13. The average molecular weight is 752 g/mol. The molecule has 0 aromatic heterocycles. The van der Waals surface area contributed by atoms with Gasteiger partial charge in [-0.15, -0.1) is 0 Å². The molecule has 300 valence electrons. The molecular formula is C42H74NO8P. The lowest BCUT2D eigenvalue weighted by Crippen LogP contribution is -2.37. The zero-order valence-corrected chi connectivity index (χ0v) is 34.4. The van der Waals surface area contributed by atoms with Crippen LogP contribution in [0, 0.1) is 0 Å². The molecule has 0 N–H and O–H groups in total. The summed E-state index contributed by atoms with van der Waals surface area (Å²) in [5, 5.41) is 0. The van der Waals surface area contributed by atoms with Crippen LogP contribution in [0.3, 0.4) is 0 Å².